The van der Waals surface area contributed by atoms with Gasteiger partial charge in [-0.15, -0.1) is 0 Å². The van der Waals surface area contributed by atoms with Crippen molar-refractivity contribution in [1.29, 1.82) is 0 Å². The Morgan fingerprint density at radius 2 is 1.91 bits per heavy atom. The maximum Gasteiger partial charge on any atom is 0.204 e. The van der Waals surface area contributed by atoms with Crippen molar-refractivity contribution in [3.8, 4) is 0 Å². The van der Waals surface area contributed by atoms with E-state index in [1.807, 2.05) is 36.7 Å². The number of fused-ring (bicyclic) bond motifs is 1. The van der Waals surface area contributed by atoms with Crippen LogP contribution in [-0.4, -0.2) is 55.7 Å². The molecule has 2 aromatic heterocycles. The van der Waals surface area contributed by atoms with E-state index in [1.54, 1.807) is 0 Å². The number of piperidine rings is 1. The SMILES string of the molecule is Cc1nc(Cl)n(C)c1Cn1c(NC2CCN(CC(N)C(C)C)CC2)nc2ccc(Cl)cc21. The zero-order chi connectivity index (χ0) is 23.0. The first kappa shape index (κ1) is 23.4. The van der Waals surface area contributed by atoms with Gasteiger partial charge in [-0.05, 0) is 55.5 Å². The van der Waals surface area contributed by atoms with E-state index >= 15 is 0 Å². The van der Waals surface area contributed by atoms with Crippen molar-refractivity contribution in [3.63, 3.8) is 0 Å². The first-order valence-electron chi connectivity index (χ1n) is 11.3. The number of nitrogens with two attached hydrogens (primary N) is 1. The summed E-state index contributed by atoms with van der Waals surface area (Å²) >= 11 is 12.6. The Morgan fingerprint density at radius 1 is 1.19 bits per heavy atom. The molecular formula is C23H33Cl2N7. The quantitative estimate of drug-likeness (QED) is 0.530. The monoisotopic (exact) mass is 477 g/mol. The molecule has 7 nitrogen and oxygen atoms in total. The van der Waals surface area contributed by atoms with E-state index in [2.05, 4.69) is 33.6 Å². The lowest BCUT2D eigenvalue weighted by atomic mass is 10.0. The number of hydrogen-bond acceptors (Lipinski definition) is 5. The highest BCUT2D eigenvalue weighted by molar-refractivity contribution is 6.31. The molecule has 174 valence electrons. The number of rotatable bonds is 7. The van der Waals surface area contributed by atoms with Crippen molar-refractivity contribution in [1.82, 2.24) is 24.0 Å². The Labute approximate surface area is 199 Å². The summed E-state index contributed by atoms with van der Waals surface area (Å²) in [6, 6.07) is 6.41. The second-order valence-electron chi connectivity index (χ2n) is 9.25. The van der Waals surface area contributed by atoms with Gasteiger partial charge < -0.3 is 25.1 Å². The summed E-state index contributed by atoms with van der Waals surface area (Å²) in [5.41, 5.74) is 10.2. The summed E-state index contributed by atoms with van der Waals surface area (Å²) < 4.78 is 4.11. The fraction of sp³-hybridized carbons (Fsp3) is 0.565. The molecule has 1 fully saturated rings. The van der Waals surface area contributed by atoms with Gasteiger partial charge in [-0.1, -0.05) is 25.4 Å². The van der Waals surface area contributed by atoms with E-state index in [0.29, 0.717) is 28.8 Å². The minimum absolute atomic E-state index is 0.224. The number of aryl methyl sites for hydroxylation is 1. The van der Waals surface area contributed by atoms with Crippen LogP contribution in [0.4, 0.5) is 5.95 Å². The summed E-state index contributed by atoms with van der Waals surface area (Å²) in [7, 11) is 1.94. The van der Waals surface area contributed by atoms with Crippen LogP contribution in [0.5, 0.6) is 0 Å². The van der Waals surface area contributed by atoms with Crippen LogP contribution in [0.15, 0.2) is 18.2 Å². The zero-order valence-corrected chi connectivity index (χ0v) is 20.8. The van der Waals surface area contributed by atoms with Gasteiger partial charge >= 0.3 is 0 Å². The zero-order valence-electron chi connectivity index (χ0n) is 19.3. The molecule has 3 N–H and O–H groups in total. The number of aromatic nitrogens is 4. The second-order valence-corrected chi connectivity index (χ2v) is 10.0. The number of hydrogen-bond donors (Lipinski definition) is 2. The lowest BCUT2D eigenvalue weighted by molar-refractivity contribution is 0.194. The smallest absolute Gasteiger partial charge is 0.204 e. The minimum Gasteiger partial charge on any atom is -0.353 e. The average Bonchev–Trinajstić information content (AvgIpc) is 3.20. The predicted octanol–water partition coefficient (Wildman–Crippen LogP) is 4.29. The number of anilines is 1. The molecule has 0 bridgehead atoms. The molecule has 0 saturated carbocycles. The molecule has 1 aliphatic heterocycles. The largest absolute Gasteiger partial charge is 0.353 e. The highest BCUT2D eigenvalue weighted by Crippen LogP contribution is 2.27. The molecular weight excluding hydrogens is 445 g/mol. The normalized spacial score (nSPS) is 16.9. The highest BCUT2D eigenvalue weighted by atomic mass is 35.5. The van der Waals surface area contributed by atoms with Gasteiger partial charge in [0.05, 0.1) is 29.0 Å². The van der Waals surface area contributed by atoms with Gasteiger partial charge in [0.2, 0.25) is 11.2 Å². The second kappa shape index (κ2) is 9.59. The minimum atomic E-state index is 0.224. The molecule has 1 atom stereocenters. The van der Waals surface area contributed by atoms with E-state index in [1.165, 1.54) is 0 Å². The van der Waals surface area contributed by atoms with Gasteiger partial charge in [-0.25, -0.2) is 9.97 Å². The van der Waals surface area contributed by atoms with Gasteiger partial charge in [0, 0.05) is 43.8 Å². The van der Waals surface area contributed by atoms with E-state index in [0.717, 1.165) is 60.8 Å². The summed E-state index contributed by atoms with van der Waals surface area (Å²) in [6.45, 7) is 10.0. The number of halogens is 2. The molecule has 4 rings (SSSR count). The molecule has 9 heteroatoms. The Bertz CT molecular complexity index is 1080. The van der Waals surface area contributed by atoms with Crippen LogP contribution in [0.1, 0.15) is 38.1 Å². The van der Waals surface area contributed by atoms with Crippen LogP contribution >= 0.6 is 23.2 Å². The van der Waals surface area contributed by atoms with Crippen LogP contribution < -0.4 is 11.1 Å². The van der Waals surface area contributed by atoms with E-state index in [4.69, 9.17) is 33.9 Å². The summed E-state index contributed by atoms with van der Waals surface area (Å²) in [5.74, 6) is 1.36. The van der Waals surface area contributed by atoms with Crippen molar-refractivity contribution in [2.75, 3.05) is 25.0 Å². The van der Waals surface area contributed by atoms with Crippen molar-refractivity contribution >= 4 is 40.2 Å². The Balaban J connectivity index is 1.55. The van der Waals surface area contributed by atoms with Gasteiger partial charge in [0.15, 0.2) is 0 Å². The Kier molecular flexibility index (Phi) is 7.00. The number of likely N-dealkylation sites (tertiary alicyclic amines) is 1. The maximum absolute atomic E-state index is 6.33. The molecule has 1 saturated heterocycles. The first-order chi connectivity index (χ1) is 15.2. The molecule has 0 radical (unpaired) electrons. The van der Waals surface area contributed by atoms with Crippen LogP contribution in [-0.2, 0) is 13.6 Å². The number of nitrogens with zero attached hydrogens (tertiary/aromatic N) is 5. The lowest BCUT2D eigenvalue weighted by Crippen LogP contribution is -2.46. The summed E-state index contributed by atoms with van der Waals surface area (Å²) in [6.07, 6.45) is 2.12. The molecule has 1 aliphatic rings. The van der Waals surface area contributed by atoms with Crippen LogP contribution in [0.2, 0.25) is 10.3 Å². The summed E-state index contributed by atoms with van der Waals surface area (Å²) in [4.78, 5) is 11.8. The molecule has 1 unspecified atom stereocenters. The fourth-order valence-electron chi connectivity index (χ4n) is 4.32. The fourth-order valence-corrected chi connectivity index (χ4v) is 4.71. The van der Waals surface area contributed by atoms with Gasteiger partial charge in [0.1, 0.15) is 0 Å². The molecule has 1 aromatic carbocycles. The standard InChI is InChI=1S/C23H33Cl2N7/c1-14(2)18(26)12-31-9-7-17(8-10-31)28-23-29-19-6-5-16(24)11-20(19)32(23)13-21-15(3)27-22(25)30(21)4/h5-6,11,14,17-18H,7-10,12-13,26H2,1-4H3,(H,28,29). The van der Waals surface area contributed by atoms with Crippen molar-refractivity contribution in [2.24, 2.45) is 18.7 Å². The first-order valence-corrected chi connectivity index (χ1v) is 12.1. The van der Waals surface area contributed by atoms with Crippen LogP contribution in [0.25, 0.3) is 11.0 Å². The van der Waals surface area contributed by atoms with Gasteiger partial charge in [-0.2, -0.15) is 0 Å². The third-order valence-electron chi connectivity index (χ3n) is 6.62. The van der Waals surface area contributed by atoms with Crippen LogP contribution in [0.3, 0.4) is 0 Å². The van der Waals surface area contributed by atoms with E-state index < -0.39 is 0 Å². The third kappa shape index (κ3) is 4.91. The van der Waals surface area contributed by atoms with E-state index in [-0.39, 0.29) is 6.04 Å². The molecule has 3 heterocycles. The Hall–Kier alpha value is -1.80. The van der Waals surface area contributed by atoms with Crippen molar-refractivity contribution in [2.45, 2.75) is 52.2 Å². The predicted molar refractivity (Wildman–Crippen MR) is 133 cm³/mol. The third-order valence-corrected chi connectivity index (χ3v) is 7.20. The molecule has 0 spiro atoms. The maximum atomic E-state index is 6.33. The molecule has 32 heavy (non-hydrogen) atoms. The molecule has 0 aliphatic carbocycles. The molecule has 0 amide bonds. The van der Waals surface area contributed by atoms with Gasteiger partial charge in [0.25, 0.3) is 0 Å². The Morgan fingerprint density at radius 3 is 2.53 bits per heavy atom. The number of nitrogens with one attached hydrogen (secondary N) is 1. The highest BCUT2D eigenvalue weighted by Gasteiger charge is 2.24. The lowest BCUT2D eigenvalue weighted by Gasteiger charge is -2.34. The van der Waals surface area contributed by atoms with Gasteiger partial charge in [-0.3, -0.25) is 0 Å². The van der Waals surface area contributed by atoms with Crippen molar-refractivity contribution in [3.05, 3.63) is 39.9 Å². The number of imidazole rings is 2. The summed E-state index contributed by atoms with van der Waals surface area (Å²) in [5, 5.41) is 4.89. The van der Waals surface area contributed by atoms with Crippen LogP contribution in [0, 0.1) is 12.8 Å². The average molecular weight is 478 g/mol. The van der Waals surface area contributed by atoms with Crippen molar-refractivity contribution < 1.29 is 0 Å². The topological polar surface area (TPSA) is 76.9 Å². The number of benzene rings is 1. The van der Waals surface area contributed by atoms with E-state index in [9.17, 15) is 0 Å². The molecule has 3 aromatic rings.